The van der Waals surface area contributed by atoms with E-state index in [2.05, 4.69) is 52.9 Å². The van der Waals surface area contributed by atoms with Gasteiger partial charge in [0.2, 0.25) is 0 Å². The minimum atomic E-state index is 0.863. The summed E-state index contributed by atoms with van der Waals surface area (Å²) in [6.07, 6.45) is 2.58. The third kappa shape index (κ3) is 1.46. The summed E-state index contributed by atoms with van der Waals surface area (Å²) in [6, 6.07) is 12.8. The molecule has 0 amide bonds. The molecule has 0 aliphatic carbocycles. The van der Waals surface area contributed by atoms with Gasteiger partial charge in [-0.1, -0.05) is 18.2 Å². The molecule has 0 radical (unpaired) electrons. The van der Waals surface area contributed by atoms with E-state index in [-0.39, 0.29) is 0 Å². The molecule has 0 spiro atoms. The van der Waals surface area contributed by atoms with Crippen molar-refractivity contribution in [2.75, 3.05) is 23.7 Å². The van der Waals surface area contributed by atoms with Gasteiger partial charge in [-0.25, -0.2) is 0 Å². The molecular formula is C17H19N3. The molecule has 0 saturated carbocycles. The van der Waals surface area contributed by atoms with Crippen LogP contribution in [0, 0.1) is 0 Å². The van der Waals surface area contributed by atoms with Crippen LogP contribution < -0.4 is 10.6 Å². The van der Waals surface area contributed by atoms with Crippen molar-refractivity contribution < 1.29 is 0 Å². The van der Waals surface area contributed by atoms with Crippen molar-refractivity contribution in [1.29, 1.82) is 0 Å². The first-order chi connectivity index (χ1) is 9.77. The molecule has 3 nitrogen and oxygen atoms in total. The Labute approximate surface area is 118 Å². The Bertz CT molecular complexity index is 795. The Kier molecular flexibility index (Phi) is 2.43. The summed E-state index contributed by atoms with van der Waals surface area (Å²) >= 11 is 0. The number of nitrogens with zero attached hydrogens (tertiary/aromatic N) is 2. The number of aromatic nitrogens is 1. The van der Waals surface area contributed by atoms with Crippen LogP contribution in [-0.4, -0.2) is 17.7 Å². The Morgan fingerprint density at radius 3 is 2.55 bits per heavy atom. The third-order valence-corrected chi connectivity index (χ3v) is 4.50. The average molecular weight is 265 g/mol. The van der Waals surface area contributed by atoms with Crippen LogP contribution in [-0.2, 0) is 7.05 Å². The van der Waals surface area contributed by atoms with Gasteiger partial charge in [-0.3, -0.25) is 0 Å². The largest absolute Gasteiger partial charge is 0.397 e. The molecule has 1 aromatic heterocycles. The van der Waals surface area contributed by atoms with Crippen molar-refractivity contribution in [2.24, 2.45) is 7.05 Å². The van der Waals surface area contributed by atoms with Crippen LogP contribution in [0.1, 0.15) is 12.8 Å². The molecular weight excluding hydrogens is 246 g/mol. The van der Waals surface area contributed by atoms with E-state index in [4.69, 9.17) is 5.73 Å². The van der Waals surface area contributed by atoms with Gasteiger partial charge in [-0.2, -0.15) is 0 Å². The van der Waals surface area contributed by atoms with Gasteiger partial charge in [0, 0.05) is 42.1 Å². The van der Waals surface area contributed by atoms with E-state index in [1.807, 2.05) is 0 Å². The third-order valence-electron chi connectivity index (χ3n) is 4.50. The van der Waals surface area contributed by atoms with E-state index in [0.29, 0.717) is 0 Å². The molecule has 0 unspecified atom stereocenters. The summed E-state index contributed by atoms with van der Waals surface area (Å²) in [6.45, 7) is 2.31. The Morgan fingerprint density at radius 2 is 1.75 bits per heavy atom. The predicted molar refractivity (Wildman–Crippen MR) is 86.3 cm³/mol. The number of hydrogen-bond donors (Lipinski definition) is 1. The van der Waals surface area contributed by atoms with E-state index >= 15 is 0 Å². The number of fused-ring (bicyclic) bond motifs is 3. The SMILES string of the molecule is Cn1c2ccccc2c2c(N3CCCC3)ccc(N)c21. The average Bonchev–Trinajstić information content (AvgIpc) is 3.08. The Hall–Kier alpha value is -2.16. The predicted octanol–water partition coefficient (Wildman–Crippen LogP) is 3.51. The summed E-state index contributed by atoms with van der Waals surface area (Å²) in [5, 5.41) is 2.62. The van der Waals surface area contributed by atoms with Crippen LogP contribution in [0.4, 0.5) is 11.4 Å². The zero-order valence-electron chi connectivity index (χ0n) is 11.8. The van der Waals surface area contributed by atoms with Crippen LogP contribution in [0.15, 0.2) is 36.4 Å². The number of para-hydroxylation sites is 1. The summed E-state index contributed by atoms with van der Waals surface area (Å²) in [5.74, 6) is 0. The smallest absolute Gasteiger partial charge is 0.0743 e. The minimum absolute atomic E-state index is 0.863. The number of aryl methyl sites for hydroxylation is 1. The van der Waals surface area contributed by atoms with E-state index < -0.39 is 0 Å². The molecule has 1 saturated heterocycles. The number of hydrogen-bond acceptors (Lipinski definition) is 2. The zero-order chi connectivity index (χ0) is 13.7. The summed E-state index contributed by atoms with van der Waals surface area (Å²) < 4.78 is 2.22. The molecule has 0 bridgehead atoms. The Morgan fingerprint density at radius 1 is 1.00 bits per heavy atom. The van der Waals surface area contributed by atoms with Crippen LogP contribution in [0.2, 0.25) is 0 Å². The molecule has 2 heterocycles. The molecule has 20 heavy (non-hydrogen) atoms. The number of nitrogen functional groups attached to an aromatic ring is 1. The summed E-state index contributed by atoms with van der Waals surface area (Å²) in [7, 11) is 2.11. The molecule has 0 atom stereocenters. The molecule has 1 aliphatic heterocycles. The van der Waals surface area contributed by atoms with E-state index in [1.54, 1.807) is 0 Å². The molecule has 3 aromatic rings. The quantitative estimate of drug-likeness (QED) is 0.683. The number of benzene rings is 2. The van der Waals surface area contributed by atoms with Gasteiger partial charge in [0.25, 0.3) is 0 Å². The van der Waals surface area contributed by atoms with Crippen LogP contribution in [0.25, 0.3) is 21.8 Å². The van der Waals surface area contributed by atoms with Crippen molar-refractivity contribution >= 4 is 33.2 Å². The molecule has 102 valence electrons. The van der Waals surface area contributed by atoms with Gasteiger partial charge in [0.1, 0.15) is 0 Å². The van der Waals surface area contributed by atoms with E-state index in [0.717, 1.165) is 24.3 Å². The number of nitrogens with two attached hydrogens (primary N) is 1. The highest BCUT2D eigenvalue weighted by atomic mass is 15.1. The van der Waals surface area contributed by atoms with Crippen molar-refractivity contribution in [3.05, 3.63) is 36.4 Å². The molecule has 2 aromatic carbocycles. The summed E-state index contributed by atoms with van der Waals surface area (Å²) in [4.78, 5) is 2.49. The number of anilines is 2. The minimum Gasteiger partial charge on any atom is -0.397 e. The lowest BCUT2D eigenvalue weighted by Gasteiger charge is -2.19. The fraction of sp³-hybridized carbons (Fsp3) is 0.294. The van der Waals surface area contributed by atoms with Crippen molar-refractivity contribution in [1.82, 2.24) is 4.57 Å². The molecule has 1 aliphatic rings. The monoisotopic (exact) mass is 265 g/mol. The van der Waals surface area contributed by atoms with Crippen molar-refractivity contribution in [2.45, 2.75) is 12.8 Å². The first kappa shape index (κ1) is 11.6. The van der Waals surface area contributed by atoms with Gasteiger partial charge in [-0.15, -0.1) is 0 Å². The zero-order valence-corrected chi connectivity index (χ0v) is 11.8. The second kappa shape index (κ2) is 4.17. The lowest BCUT2D eigenvalue weighted by molar-refractivity contribution is 0.949. The highest BCUT2D eigenvalue weighted by Crippen LogP contribution is 2.39. The van der Waals surface area contributed by atoms with Crippen LogP contribution in [0.5, 0.6) is 0 Å². The highest BCUT2D eigenvalue weighted by molar-refractivity contribution is 6.17. The lowest BCUT2D eigenvalue weighted by Crippen LogP contribution is -2.17. The van der Waals surface area contributed by atoms with Gasteiger partial charge < -0.3 is 15.2 Å². The first-order valence-electron chi connectivity index (χ1n) is 7.28. The Balaban J connectivity index is 2.15. The first-order valence-corrected chi connectivity index (χ1v) is 7.28. The van der Waals surface area contributed by atoms with Crippen molar-refractivity contribution in [3.63, 3.8) is 0 Å². The maximum Gasteiger partial charge on any atom is 0.0743 e. The second-order valence-corrected chi connectivity index (χ2v) is 5.67. The van der Waals surface area contributed by atoms with Gasteiger partial charge >= 0.3 is 0 Å². The van der Waals surface area contributed by atoms with Gasteiger partial charge in [0.15, 0.2) is 0 Å². The molecule has 4 rings (SSSR count). The fourth-order valence-corrected chi connectivity index (χ4v) is 3.54. The lowest BCUT2D eigenvalue weighted by atomic mass is 10.1. The fourth-order valence-electron chi connectivity index (χ4n) is 3.54. The molecule has 1 fully saturated rings. The topological polar surface area (TPSA) is 34.2 Å². The maximum absolute atomic E-state index is 6.25. The summed E-state index contributed by atoms with van der Waals surface area (Å²) in [5.41, 5.74) is 10.9. The van der Waals surface area contributed by atoms with Crippen LogP contribution >= 0.6 is 0 Å². The molecule has 2 N–H and O–H groups in total. The van der Waals surface area contributed by atoms with Gasteiger partial charge in [-0.05, 0) is 31.0 Å². The second-order valence-electron chi connectivity index (χ2n) is 5.67. The molecule has 3 heteroatoms. The van der Waals surface area contributed by atoms with Gasteiger partial charge in [0.05, 0.1) is 11.2 Å². The standard InChI is InChI=1S/C17H19N3/c1-19-14-7-3-2-6-12(14)16-15(20-10-4-5-11-20)9-8-13(18)17(16)19/h2-3,6-9H,4-5,10-11,18H2,1H3. The number of rotatable bonds is 1. The van der Waals surface area contributed by atoms with Crippen LogP contribution in [0.3, 0.4) is 0 Å². The normalized spacial score (nSPS) is 15.6. The van der Waals surface area contributed by atoms with Crippen molar-refractivity contribution in [3.8, 4) is 0 Å². The van der Waals surface area contributed by atoms with E-state index in [9.17, 15) is 0 Å². The maximum atomic E-state index is 6.25. The highest BCUT2D eigenvalue weighted by Gasteiger charge is 2.19. The van der Waals surface area contributed by atoms with E-state index in [1.165, 1.54) is 34.8 Å².